The SMILES string of the molecule is CCCCCNc1nc(N)ncc1OCC. The van der Waals surface area contributed by atoms with E-state index in [1.807, 2.05) is 6.92 Å². The van der Waals surface area contributed by atoms with Crippen LogP contribution in [0.15, 0.2) is 6.20 Å². The fraction of sp³-hybridized carbons (Fsp3) is 0.636. The van der Waals surface area contributed by atoms with Gasteiger partial charge in [0.2, 0.25) is 5.95 Å². The summed E-state index contributed by atoms with van der Waals surface area (Å²) in [6.07, 6.45) is 5.13. The van der Waals surface area contributed by atoms with Crippen molar-refractivity contribution in [2.75, 3.05) is 24.2 Å². The van der Waals surface area contributed by atoms with Crippen molar-refractivity contribution in [1.82, 2.24) is 9.97 Å². The highest BCUT2D eigenvalue weighted by Gasteiger charge is 2.05. The van der Waals surface area contributed by atoms with Crippen molar-refractivity contribution in [2.45, 2.75) is 33.1 Å². The first kappa shape index (κ1) is 12.5. The molecule has 1 rings (SSSR count). The fourth-order valence-corrected chi connectivity index (χ4v) is 1.35. The molecule has 0 radical (unpaired) electrons. The van der Waals surface area contributed by atoms with Crippen LogP contribution in [0.25, 0.3) is 0 Å². The average molecular weight is 224 g/mol. The summed E-state index contributed by atoms with van der Waals surface area (Å²) in [5, 5.41) is 3.22. The molecule has 0 saturated heterocycles. The van der Waals surface area contributed by atoms with E-state index in [2.05, 4.69) is 22.2 Å². The number of hydrogen-bond acceptors (Lipinski definition) is 5. The number of nitrogens with two attached hydrogens (primary N) is 1. The largest absolute Gasteiger partial charge is 0.488 e. The molecular formula is C11H20N4O. The number of hydrogen-bond donors (Lipinski definition) is 2. The Morgan fingerprint density at radius 2 is 2.19 bits per heavy atom. The number of aromatic nitrogens is 2. The smallest absolute Gasteiger partial charge is 0.222 e. The Balaban J connectivity index is 2.57. The van der Waals surface area contributed by atoms with Crippen molar-refractivity contribution in [3.63, 3.8) is 0 Å². The molecule has 0 bridgehead atoms. The molecule has 5 nitrogen and oxygen atoms in total. The summed E-state index contributed by atoms with van der Waals surface area (Å²) >= 11 is 0. The molecule has 0 aromatic carbocycles. The molecule has 16 heavy (non-hydrogen) atoms. The monoisotopic (exact) mass is 224 g/mol. The van der Waals surface area contributed by atoms with Gasteiger partial charge >= 0.3 is 0 Å². The Labute approximate surface area is 96.4 Å². The predicted molar refractivity (Wildman–Crippen MR) is 65.6 cm³/mol. The number of nitrogens with one attached hydrogen (secondary N) is 1. The molecule has 0 aliphatic heterocycles. The van der Waals surface area contributed by atoms with Gasteiger partial charge in [0.1, 0.15) is 0 Å². The lowest BCUT2D eigenvalue weighted by Gasteiger charge is -2.10. The van der Waals surface area contributed by atoms with Crippen LogP contribution in [0.4, 0.5) is 11.8 Å². The molecule has 0 aliphatic carbocycles. The van der Waals surface area contributed by atoms with Crippen LogP contribution in [0.5, 0.6) is 5.75 Å². The zero-order valence-corrected chi connectivity index (χ0v) is 9.99. The minimum atomic E-state index is 0.265. The summed E-state index contributed by atoms with van der Waals surface area (Å²) in [4.78, 5) is 8.02. The lowest BCUT2D eigenvalue weighted by atomic mass is 10.2. The van der Waals surface area contributed by atoms with E-state index < -0.39 is 0 Å². The fourth-order valence-electron chi connectivity index (χ4n) is 1.35. The summed E-state index contributed by atoms with van der Waals surface area (Å²) in [6, 6.07) is 0. The number of nitrogen functional groups attached to an aromatic ring is 1. The molecule has 0 aliphatic rings. The Morgan fingerprint density at radius 1 is 1.38 bits per heavy atom. The van der Waals surface area contributed by atoms with Crippen LogP contribution in [0.2, 0.25) is 0 Å². The lowest BCUT2D eigenvalue weighted by Crippen LogP contribution is -2.08. The minimum Gasteiger partial charge on any atom is -0.488 e. The van der Waals surface area contributed by atoms with Gasteiger partial charge in [-0.3, -0.25) is 0 Å². The number of anilines is 2. The van der Waals surface area contributed by atoms with E-state index in [0.717, 1.165) is 13.0 Å². The van der Waals surface area contributed by atoms with E-state index in [1.165, 1.54) is 12.8 Å². The van der Waals surface area contributed by atoms with Crippen LogP contribution in [0.1, 0.15) is 33.1 Å². The summed E-state index contributed by atoms with van der Waals surface area (Å²) < 4.78 is 5.41. The standard InChI is InChI=1S/C11H20N4O/c1-3-5-6-7-13-10-9(16-4-2)8-14-11(12)15-10/h8H,3-7H2,1-2H3,(H3,12,13,14,15). The summed E-state index contributed by atoms with van der Waals surface area (Å²) in [6.45, 7) is 5.58. The van der Waals surface area contributed by atoms with E-state index in [4.69, 9.17) is 10.5 Å². The van der Waals surface area contributed by atoms with Gasteiger partial charge in [-0.2, -0.15) is 4.98 Å². The lowest BCUT2D eigenvalue weighted by molar-refractivity contribution is 0.339. The highest BCUT2D eigenvalue weighted by molar-refractivity contribution is 5.51. The van der Waals surface area contributed by atoms with Crippen molar-refractivity contribution in [3.8, 4) is 5.75 Å². The first-order valence-electron chi connectivity index (χ1n) is 5.77. The van der Waals surface area contributed by atoms with E-state index >= 15 is 0 Å². The Hall–Kier alpha value is -1.52. The molecule has 0 spiro atoms. The van der Waals surface area contributed by atoms with Gasteiger partial charge in [-0.15, -0.1) is 0 Å². The van der Waals surface area contributed by atoms with Gasteiger partial charge in [-0.05, 0) is 13.3 Å². The van der Waals surface area contributed by atoms with Crippen molar-refractivity contribution in [1.29, 1.82) is 0 Å². The van der Waals surface area contributed by atoms with Crippen molar-refractivity contribution in [3.05, 3.63) is 6.20 Å². The predicted octanol–water partition coefficient (Wildman–Crippen LogP) is 2.06. The van der Waals surface area contributed by atoms with E-state index in [9.17, 15) is 0 Å². The van der Waals surface area contributed by atoms with Crippen LogP contribution in [0, 0.1) is 0 Å². The first-order valence-corrected chi connectivity index (χ1v) is 5.77. The number of nitrogens with zero attached hydrogens (tertiary/aromatic N) is 2. The van der Waals surface area contributed by atoms with E-state index in [-0.39, 0.29) is 5.95 Å². The van der Waals surface area contributed by atoms with E-state index in [0.29, 0.717) is 18.2 Å². The zero-order chi connectivity index (χ0) is 11.8. The molecule has 0 saturated carbocycles. The molecule has 5 heteroatoms. The maximum absolute atomic E-state index is 5.54. The summed E-state index contributed by atoms with van der Waals surface area (Å²) in [5.41, 5.74) is 5.54. The van der Waals surface area contributed by atoms with Crippen LogP contribution in [-0.4, -0.2) is 23.1 Å². The summed E-state index contributed by atoms with van der Waals surface area (Å²) in [7, 11) is 0. The van der Waals surface area contributed by atoms with Gasteiger partial charge in [0, 0.05) is 6.54 Å². The number of rotatable bonds is 7. The van der Waals surface area contributed by atoms with Gasteiger partial charge < -0.3 is 15.8 Å². The van der Waals surface area contributed by atoms with Gasteiger partial charge in [-0.25, -0.2) is 4.98 Å². The van der Waals surface area contributed by atoms with Gasteiger partial charge in [-0.1, -0.05) is 19.8 Å². The molecule has 0 atom stereocenters. The second-order valence-corrected chi connectivity index (χ2v) is 3.51. The second-order valence-electron chi connectivity index (χ2n) is 3.51. The second kappa shape index (κ2) is 6.87. The van der Waals surface area contributed by atoms with Crippen LogP contribution >= 0.6 is 0 Å². The van der Waals surface area contributed by atoms with Crippen LogP contribution < -0.4 is 15.8 Å². The summed E-state index contributed by atoms with van der Waals surface area (Å²) in [5.74, 6) is 1.61. The number of ether oxygens (including phenoxy) is 1. The van der Waals surface area contributed by atoms with Crippen molar-refractivity contribution < 1.29 is 4.74 Å². The first-order chi connectivity index (χ1) is 7.77. The molecule has 3 N–H and O–H groups in total. The van der Waals surface area contributed by atoms with Crippen molar-refractivity contribution in [2.24, 2.45) is 0 Å². The number of unbranched alkanes of at least 4 members (excludes halogenated alkanes) is 2. The topological polar surface area (TPSA) is 73.1 Å². The molecule has 1 heterocycles. The molecular weight excluding hydrogens is 204 g/mol. The van der Waals surface area contributed by atoms with Crippen molar-refractivity contribution >= 4 is 11.8 Å². The van der Waals surface area contributed by atoms with Gasteiger partial charge in [0.05, 0.1) is 12.8 Å². The zero-order valence-electron chi connectivity index (χ0n) is 9.99. The molecule has 1 aromatic heterocycles. The third kappa shape index (κ3) is 3.92. The highest BCUT2D eigenvalue weighted by Crippen LogP contribution is 2.21. The highest BCUT2D eigenvalue weighted by atomic mass is 16.5. The third-order valence-corrected chi connectivity index (χ3v) is 2.15. The maximum Gasteiger partial charge on any atom is 0.222 e. The quantitative estimate of drug-likeness (QED) is 0.693. The molecule has 1 aromatic rings. The molecule has 0 unspecified atom stereocenters. The molecule has 0 fully saturated rings. The van der Waals surface area contributed by atoms with E-state index in [1.54, 1.807) is 6.20 Å². The van der Waals surface area contributed by atoms with Crippen LogP contribution in [0.3, 0.4) is 0 Å². The Morgan fingerprint density at radius 3 is 2.88 bits per heavy atom. The van der Waals surface area contributed by atoms with Gasteiger partial charge in [0.15, 0.2) is 11.6 Å². The maximum atomic E-state index is 5.54. The molecule has 90 valence electrons. The average Bonchev–Trinajstić information content (AvgIpc) is 2.28. The normalized spacial score (nSPS) is 10.1. The van der Waals surface area contributed by atoms with Gasteiger partial charge in [0.25, 0.3) is 0 Å². The minimum absolute atomic E-state index is 0.265. The Bertz CT molecular complexity index is 317. The van der Waals surface area contributed by atoms with Crippen LogP contribution in [-0.2, 0) is 0 Å². The third-order valence-electron chi connectivity index (χ3n) is 2.15. The molecule has 0 amide bonds. The Kier molecular flexibility index (Phi) is 5.39.